The van der Waals surface area contributed by atoms with E-state index in [9.17, 15) is 4.79 Å². The summed E-state index contributed by atoms with van der Waals surface area (Å²) < 4.78 is 7.55. The molecule has 0 unspecified atom stereocenters. The molecule has 0 aliphatic heterocycles. The molecule has 0 saturated carbocycles. The quantitative estimate of drug-likeness (QED) is 0.922. The SMILES string of the molecule is Cc1oc(C)c(C(=O)NCc2ccc(C)n2C)c1C. The first-order chi connectivity index (χ1) is 8.91. The number of furan rings is 1. The molecule has 4 nitrogen and oxygen atoms in total. The van der Waals surface area contributed by atoms with Gasteiger partial charge in [0.25, 0.3) is 5.91 Å². The predicted molar refractivity (Wildman–Crippen MR) is 74.2 cm³/mol. The smallest absolute Gasteiger partial charge is 0.255 e. The van der Waals surface area contributed by atoms with Crippen LogP contribution in [0.5, 0.6) is 0 Å². The second kappa shape index (κ2) is 4.96. The molecule has 19 heavy (non-hydrogen) atoms. The zero-order chi connectivity index (χ0) is 14.2. The molecule has 0 atom stereocenters. The number of nitrogens with one attached hydrogen (secondary N) is 1. The standard InChI is InChI=1S/C15H20N2O2/c1-9-6-7-13(17(9)5)8-16-15(18)14-10(2)11(3)19-12(14)4/h6-7H,8H2,1-5H3,(H,16,18). The molecule has 2 aromatic rings. The lowest BCUT2D eigenvalue weighted by atomic mass is 10.1. The highest BCUT2D eigenvalue weighted by atomic mass is 16.3. The van der Waals surface area contributed by atoms with Gasteiger partial charge in [0.1, 0.15) is 11.5 Å². The Morgan fingerprint density at radius 1 is 1.21 bits per heavy atom. The molecular formula is C15H20N2O2. The predicted octanol–water partition coefficient (Wildman–Crippen LogP) is 2.78. The average molecular weight is 260 g/mol. The molecule has 0 radical (unpaired) electrons. The summed E-state index contributed by atoms with van der Waals surface area (Å²) in [5, 5.41) is 2.94. The first-order valence-corrected chi connectivity index (χ1v) is 6.37. The molecule has 0 aliphatic rings. The van der Waals surface area contributed by atoms with E-state index in [1.54, 1.807) is 0 Å². The van der Waals surface area contributed by atoms with E-state index < -0.39 is 0 Å². The number of hydrogen-bond donors (Lipinski definition) is 1. The highest BCUT2D eigenvalue weighted by Crippen LogP contribution is 2.20. The molecule has 0 bridgehead atoms. The van der Waals surface area contributed by atoms with Gasteiger partial charge >= 0.3 is 0 Å². The molecular weight excluding hydrogens is 240 g/mol. The van der Waals surface area contributed by atoms with Crippen LogP contribution in [0.3, 0.4) is 0 Å². The summed E-state index contributed by atoms with van der Waals surface area (Å²) in [7, 11) is 2.00. The summed E-state index contributed by atoms with van der Waals surface area (Å²) in [6.45, 7) is 8.17. The van der Waals surface area contributed by atoms with Crippen LogP contribution in [0.4, 0.5) is 0 Å². The first kappa shape index (κ1) is 13.5. The normalized spacial score (nSPS) is 10.8. The maximum Gasteiger partial charge on any atom is 0.255 e. The van der Waals surface area contributed by atoms with Gasteiger partial charge in [-0.25, -0.2) is 0 Å². The number of amides is 1. The molecule has 0 aromatic carbocycles. The van der Waals surface area contributed by atoms with E-state index in [-0.39, 0.29) is 5.91 Å². The molecule has 2 aromatic heterocycles. The van der Waals surface area contributed by atoms with Crippen LogP contribution >= 0.6 is 0 Å². The highest BCUT2D eigenvalue weighted by molar-refractivity contribution is 5.96. The van der Waals surface area contributed by atoms with Crippen molar-refractivity contribution in [2.24, 2.45) is 7.05 Å². The Morgan fingerprint density at radius 3 is 2.37 bits per heavy atom. The van der Waals surface area contributed by atoms with Crippen molar-refractivity contribution in [1.82, 2.24) is 9.88 Å². The third kappa shape index (κ3) is 2.43. The van der Waals surface area contributed by atoms with Gasteiger partial charge < -0.3 is 14.3 Å². The summed E-state index contributed by atoms with van der Waals surface area (Å²) in [6, 6.07) is 4.07. The number of carbonyl (C=O) groups excluding carboxylic acids is 1. The molecule has 0 aliphatic carbocycles. The molecule has 0 saturated heterocycles. The van der Waals surface area contributed by atoms with Gasteiger partial charge in [-0.05, 0) is 39.8 Å². The minimum Gasteiger partial charge on any atom is -0.466 e. The third-order valence-electron chi connectivity index (χ3n) is 3.70. The van der Waals surface area contributed by atoms with E-state index in [0.29, 0.717) is 17.9 Å². The van der Waals surface area contributed by atoms with Crippen LogP contribution < -0.4 is 5.32 Å². The van der Waals surface area contributed by atoms with E-state index in [1.165, 1.54) is 5.69 Å². The maximum absolute atomic E-state index is 12.2. The summed E-state index contributed by atoms with van der Waals surface area (Å²) in [4.78, 5) is 12.2. The zero-order valence-corrected chi connectivity index (χ0v) is 12.1. The molecule has 102 valence electrons. The fourth-order valence-electron chi connectivity index (χ4n) is 2.23. The second-order valence-electron chi connectivity index (χ2n) is 4.92. The summed E-state index contributed by atoms with van der Waals surface area (Å²) in [5.41, 5.74) is 3.83. The molecule has 0 fully saturated rings. The Hall–Kier alpha value is -1.97. The van der Waals surface area contributed by atoms with Crippen molar-refractivity contribution in [2.75, 3.05) is 0 Å². The van der Waals surface area contributed by atoms with Gasteiger partial charge in [-0.3, -0.25) is 4.79 Å². The minimum atomic E-state index is -0.0781. The topological polar surface area (TPSA) is 47.2 Å². The number of aryl methyl sites for hydroxylation is 3. The van der Waals surface area contributed by atoms with Crippen LogP contribution in [0.2, 0.25) is 0 Å². The van der Waals surface area contributed by atoms with Crippen LogP contribution in [0.15, 0.2) is 16.5 Å². The van der Waals surface area contributed by atoms with Crippen LogP contribution in [0.25, 0.3) is 0 Å². The van der Waals surface area contributed by atoms with Crippen LogP contribution in [-0.4, -0.2) is 10.5 Å². The Morgan fingerprint density at radius 2 is 1.89 bits per heavy atom. The highest BCUT2D eigenvalue weighted by Gasteiger charge is 2.18. The third-order valence-corrected chi connectivity index (χ3v) is 3.70. The van der Waals surface area contributed by atoms with Crippen molar-refractivity contribution in [1.29, 1.82) is 0 Å². The molecule has 4 heteroatoms. The minimum absolute atomic E-state index is 0.0781. The Bertz CT molecular complexity index is 620. The zero-order valence-electron chi connectivity index (χ0n) is 12.1. The summed E-state index contributed by atoms with van der Waals surface area (Å²) in [6.07, 6.45) is 0. The average Bonchev–Trinajstić information content (AvgIpc) is 2.79. The van der Waals surface area contributed by atoms with E-state index in [2.05, 4.69) is 9.88 Å². The van der Waals surface area contributed by atoms with Crippen molar-refractivity contribution < 1.29 is 9.21 Å². The number of nitrogens with zero attached hydrogens (tertiary/aromatic N) is 1. The van der Waals surface area contributed by atoms with Crippen molar-refractivity contribution >= 4 is 5.91 Å². The number of hydrogen-bond acceptors (Lipinski definition) is 2. The van der Waals surface area contributed by atoms with Gasteiger partial charge in [0.2, 0.25) is 0 Å². The van der Waals surface area contributed by atoms with Gasteiger partial charge in [-0.2, -0.15) is 0 Å². The van der Waals surface area contributed by atoms with E-state index in [0.717, 1.165) is 17.0 Å². The van der Waals surface area contributed by atoms with Gasteiger partial charge in [-0.15, -0.1) is 0 Å². The van der Waals surface area contributed by atoms with E-state index in [1.807, 2.05) is 46.9 Å². The lowest BCUT2D eigenvalue weighted by molar-refractivity contribution is 0.0948. The molecule has 0 spiro atoms. The van der Waals surface area contributed by atoms with Crippen LogP contribution in [-0.2, 0) is 13.6 Å². The molecule has 2 rings (SSSR count). The van der Waals surface area contributed by atoms with Crippen LogP contribution in [0.1, 0.15) is 38.8 Å². The summed E-state index contributed by atoms with van der Waals surface area (Å²) in [5.74, 6) is 1.40. The summed E-state index contributed by atoms with van der Waals surface area (Å²) >= 11 is 0. The van der Waals surface area contributed by atoms with Crippen molar-refractivity contribution in [3.05, 3.63) is 46.2 Å². The van der Waals surface area contributed by atoms with E-state index in [4.69, 9.17) is 4.42 Å². The monoisotopic (exact) mass is 260 g/mol. The second-order valence-corrected chi connectivity index (χ2v) is 4.92. The van der Waals surface area contributed by atoms with E-state index >= 15 is 0 Å². The fourth-order valence-corrected chi connectivity index (χ4v) is 2.23. The Kier molecular flexibility index (Phi) is 3.51. The lowest BCUT2D eigenvalue weighted by Crippen LogP contribution is -2.24. The van der Waals surface area contributed by atoms with Crippen molar-refractivity contribution in [3.8, 4) is 0 Å². The maximum atomic E-state index is 12.2. The van der Waals surface area contributed by atoms with Crippen LogP contribution in [0, 0.1) is 27.7 Å². The molecule has 1 amide bonds. The van der Waals surface area contributed by atoms with Gasteiger partial charge in [0.05, 0.1) is 12.1 Å². The van der Waals surface area contributed by atoms with Gasteiger partial charge in [0.15, 0.2) is 0 Å². The Balaban J connectivity index is 2.12. The first-order valence-electron chi connectivity index (χ1n) is 6.37. The largest absolute Gasteiger partial charge is 0.466 e. The number of carbonyl (C=O) groups is 1. The van der Waals surface area contributed by atoms with Crippen molar-refractivity contribution in [2.45, 2.75) is 34.2 Å². The number of rotatable bonds is 3. The number of aromatic nitrogens is 1. The van der Waals surface area contributed by atoms with Crippen molar-refractivity contribution in [3.63, 3.8) is 0 Å². The fraction of sp³-hybridized carbons (Fsp3) is 0.400. The Labute approximate surface area is 113 Å². The lowest BCUT2D eigenvalue weighted by Gasteiger charge is -2.07. The molecule has 1 N–H and O–H groups in total. The van der Waals surface area contributed by atoms with Gasteiger partial charge in [0, 0.05) is 24.0 Å². The van der Waals surface area contributed by atoms with Gasteiger partial charge in [-0.1, -0.05) is 0 Å². The molecule has 2 heterocycles.